The lowest BCUT2D eigenvalue weighted by Crippen LogP contribution is -2.49. The first kappa shape index (κ1) is 17.0. The van der Waals surface area contributed by atoms with Crippen LogP contribution in [0.1, 0.15) is 33.6 Å². The number of nitrogens with one attached hydrogen (secondary N) is 1. The molecule has 1 aliphatic carbocycles. The molecule has 0 radical (unpaired) electrons. The molecule has 2 aliphatic rings. The number of amides is 1. The van der Waals surface area contributed by atoms with E-state index < -0.39 is 0 Å². The number of pyridine rings is 1. The zero-order valence-electron chi connectivity index (χ0n) is 14.6. The number of benzene rings is 1. The van der Waals surface area contributed by atoms with Crippen LogP contribution in [0.2, 0.25) is 0 Å². The van der Waals surface area contributed by atoms with Crippen LogP contribution in [0.5, 0.6) is 0 Å². The van der Waals surface area contributed by atoms with Crippen LogP contribution in [0.25, 0.3) is 0 Å². The Morgan fingerprint density at radius 2 is 1.92 bits per heavy atom. The second-order valence-corrected chi connectivity index (χ2v) is 7.07. The minimum Gasteiger partial charge on any atom is -0.336 e. The van der Waals surface area contributed by atoms with E-state index in [9.17, 15) is 14.0 Å². The molecule has 1 fully saturated rings. The number of halogens is 1. The molecule has 0 spiro atoms. The van der Waals surface area contributed by atoms with E-state index in [0.29, 0.717) is 32.7 Å². The standard InChI is InChI=1S/C20H22FN3O2/c21-16-5-1-3-14(11-16)13-23-7-9-24(10-8-23)20(26)17-12-15-4-2-6-18(15)22-19(17)25/h1,3,5,11-12H,2,4,6-10,13H2,(H,22,25). The lowest BCUT2D eigenvalue weighted by molar-refractivity contribution is 0.0626. The molecule has 1 aliphatic heterocycles. The molecule has 6 heteroatoms. The summed E-state index contributed by atoms with van der Waals surface area (Å²) in [6.07, 6.45) is 2.84. The molecule has 1 aromatic heterocycles. The van der Waals surface area contributed by atoms with Crippen LogP contribution in [0.3, 0.4) is 0 Å². The summed E-state index contributed by atoms with van der Waals surface area (Å²) in [5.41, 5.74) is 2.98. The number of piperazine rings is 1. The summed E-state index contributed by atoms with van der Waals surface area (Å²) in [5, 5.41) is 0. The van der Waals surface area contributed by atoms with Crippen molar-refractivity contribution in [3.8, 4) is 0 Å². The van der Waals surface area contributed by atoms with Gasteiger partial charge in [-0.15, -0.1) is 0 Å². The fourth-order valence-electron chi connectivity index (χ4n) is 3.85. The minimum atomic E-state index is -0.280. The average molecular weight is 355 g/mol. The Kier molecular flexibility index (Phi) is 4.59. The maximum Gasteiger partial charge on any atom is 0.261 e. The second kappa shape index (κ2) is 7.03. The van der Waals surface area contributed by atoms with Crippen molar-refractivity contribution in [1.82, 2.24) is 14.8 Å². The zero-order valence-corrected chi connectivity index (χ0v) is 14.6. The SMILES string of the molecule is O=C(c1cc2c([nH]c1=O)CCC2)N1CCN(Cc2cccc(F)c2)CC1. The summed E-state index contributed by atoms with van der Waals surface area (Å²) >= 11 is 0. The van der Waals surface area contributed by atoms with Crippen molar-refractivity contribution < 1.29 is 9.18 Å². The quantitative estimate of drug-likeness (QED) is 0.916. The molecule has 2 heterocycles. The van der Waals surface area contributed by atoms with Crippen molar-refractivity contribution in [2.45, 2.75) is 25.8 Å². The first-order valence-electron chi connectivity index (χ1n) is 9.11. The summed E-state index contributed by atoms with van der Waals surface area (Å²) in [4.78, 5) is 31.8. The highest BCUT2D eigenvalue weighted by Crippen LogP contribution is 2.19. The largest absolute Gasteiger partial charge is 0.336 e. The van der Waals surface area contributed by atoms with Gasteiger partial charge in [-0.25, -0.2) is 4.39 Å². The third-order valence-corrected chi connectivity index (χ3v) is 5.27. The number of hydrogen-bond donors (Lipinski definition) is 1. The van der Waals surface area contributed by atoms with Gasteiger partial charge in [0.1, 0.15) is 11.4 Å². The van der Waals surface area contributed by atoms with E-state index in [1.807, 2.05) is 6.07 Å². The normalized spacial score (nSPS) is 17.3. The smallest absolute Gasteiger partial charge is 0.261 e. The van der Waals surface area contributed by atoms with Crippen molar-refractivity contribution in [1.29, 1.82) is 0 Å². The number of H-pyrrole nitrogens is 1. The molecule has 0 atom stereocenters. The first-order chi connectivity index (χ1) is 12.6. The molecule has 1 aromatic carbocycles. The monoisotopic (exact) mass is 355 g/mol. The fraction of sp³-hybridized carbons (Fsp3) is 0.400. The number of rotatable bonds is 3. The van der Waals surface area contributed by atoms with E-state index >= 15 is 0 Å². The zero-order chi connectivity index (χ0) is 18.1. The number of carbonyl (C=O) groups is 1. The van der Waals surface area contributed by atoms with Gasteiger partial charge >= 0.3 is 0 Å². The second-order valence-electron chi connectivity index (χ2n) is 7.07. The number of aromatic nitrogens is 1. The molecule has 1 saturated heterocycles. The van der Waals surface area contributed by atoms with Gasteiger partial charge in [-0.05, 0) is 48.6 Å². The molecule has 5 nitrogen and oxygen atoms in total. The number of aryl methyl sites for hydroxylation is 2. The van der Waals surface area contributed by atoms with E-state index in [4.69, 9.17) is 0 Å². The van der Waals surface area contributed by atoms with Gasteiger partial charge in [-0.1, -0.05) is 12.1 Å². The van der Waals surface area contributed by atoms with Crippen LogP contribution in [0.4, 0.5) is 4.39 Å². The van der Waals surface area contributed by atoms with Gasteiger partial charge in [0.2, 0.25) is 0 Å². The highest BCUT2D eigenvalue weighted by molar-refractivity contribution is 5.94. The van der Waals surface area contributed by atoms with Gasteiger partial charge in [0.15, 0.2) is 0 Å². The van der Waals surface area contributed by atoms with Crippen molar-refractivity contribution in [3.63, 3.8) is 0 Å². The Bertz CT molecular complexity index is 885. The molecule has 0 bridgehead atoms. The van der Waals surface area contributed by atoms with Gasteiger partial charge < -0.3 is 9.88 Å². The van der Waals surface area contributed by atoms with Gasteiger partial charge in [-0.2, -0.15) is 0 Å². The number of nitrogens with zero attached hydrogens (tertiary/aromatic N) is 2. The van der Waals surface area contributed by atoms with Gasteiger partial charge in [0.25, 0.3) is 11.5 Å². The Labute approximate surface area is 151 Å². The average Bonchev–Trinajstić information content (AvgIpc) is 3.08. The van der Waals surface area contributed by atoms with Crippen LogP contribution >= 0.6 is 0 Å². The molecule has 136 valence electrons. The lowest BCUT2D eigenvalue weighted by atomic mass is 10.1. The maximum absolute atomic E-state index is 13.3. The van der Waals surface area contributed by atoms with Crippen LogP contribution in [-0.2, 0) is 19.4 Å². The van der Waals surface area contributed by atoms with Crippen molar-refractivity contribution in [3.05, 3.63) is 68.9 Å². The minimum absolute atomic E-state index is 0.189. The van der Waals surface area contributed by atoms with Crippen molar-refractivity contribution in [2.24, 2.45) is 0 Å². The highest BCUT2D eigenvalue weighted by Gasteiger charge is 2.25. The van der Waals surface area contributed by atoms with E-state index in [0.717, 1.165) is 36.1 Å². The summed E-state index contributed by atoms with van der Waals surface area (Å²) in [6, 6.07) is 8.38. The van der Waals surface area contributed by atoms with Crippen LogP contribution in [0, 0.1) is 5.82 Å². The molecule has 2 aromatic rings. The van der Waals surface area contributed by atoms with E-state index in [1.165, 1.54) is 6.07 Å². The molecule has 26 heavy (non-hydrogen) atoms. The van der Waals surface area contributed by atoms with Crippen LogP contribution < -0.4 is 5.56 Å². The van der Waals surface area contributed by atoms with Crippen molar-refractivity contribution in [2.75, 3.05) is 26.2 Å². The van der Waals surface area contributed by atoms with Gasteiger partial charge in [0.05, 0.1) is 0 Å². The topological polar surface area (TPSA) is 56.4 Å². The van der Waals surface area contributed by atoms with Crippen LogP contribution in [0.15, 0.2) is 35.1 Å². The maximum atomic E-state index is 13.3. The number of aromatic amines is 1. The third kappa shape index (κ3) is 3.42. The summed E-state index contributed by atoms with van der Waals surface area (Å²) in [5.74, 6) is -0.418. The summed E-state index contributed by atoms with van der Waals surface area (Å²) < 4.78 is 13.3. The molecule has 1 N–H and O–H groups in total. The lowest BCUT2D eigenvalue weighted by Gasteiger charge is -2.34. The summed E-state index contributed by atoms with van der Waals surface area (Å²) in [7, 11) is 0. The molecular weight excluding hydrogens is 333 g/mol. The predicted molar refractivity (Wildman–Crippen MR) is 96.7 cm³/mol. The van der Waals surface area contributed by atoms with Gasteiger partial charge in [0, 0.05) is 38.4 Å². The van der Waals surface area contributed by atoms with Gasteiger partial charge in [-0.3, -0.25) is 14.5 Å². The molecule has 0 saturated carbocycles. The van der Waals surface area contributed by atoms with E-state index in [1.54, 1.807) is 23.1 Å². The van der Waals surface area contributed by atoms with E-state index in [2.05, 4.69) is 9.88 Å². The Balaban J connectivity index is 1.40. The fourth-order valence-corrected chi connectivity index (χ4v) is 3.85. The molecule has 4 rings (SSSR count). The summed E-state index contributed by atoms with van der Waals surface area (Å²) in [6.45, 7) is 3.24. The Morgan fingerprint density at radius 1 is 1.12 bits per heavy atom. The van der Waals surface area contributed by atoms with Crippen molar-refractivity contribution >= 4 is 5.91 Å². The highest BCUT2D eigenvalue weighted by atomic mass is 19.1. The molecule has 1 amide bonds. The van der Waals surface area contributed by atoms with E-state index in [-0.39, 0.29) is 22.8 Å². The molecule has 0 unspecified atom stereocenters. The number of carbonyl (C=O) groups excluding carboxylic acids is 1. The molecular formula is C20H22FN3O2. The van der Waals surface area contributed by atoms with Crippen LogP contribution in [-0.4, -0.2) is 46.9 Å². The predicted octanol–water partition coefficient (Wildman–Crippen LogP) is 1.96. The Hall–Kier alpha value is -2.47. The number of fused-ring (bicyclic) bond motifs is 1. The first-order valence-corrected chi connectivity index (χ1v) is 9.11. The Morgan fingerprint density at radius 3 is 2.69 bits per heavy atom. The third-order valence-electron chi connectivity index (χ3n) is 5.27. The number of hydrogen-bond acceptors (Lipinski definition) is 3.